The molecule has 0 spiro atoms. The van der Waals surface area contributed by atoms with Crippen molar-refractivity contribution < 1.29 is 9.53 Å². The van der Waals surface area contributed by atoms with E-state index in [4.69, 9.17) is 4.74 Å². The molecule has 1 unspecified atom stereocenters. The Labute approximate surface area is 119 Å². The first-order chi connectivity index (χ1) is 8.78. The van der Waals surface area contributed by atoms with Crippen LogP contribution in [0.5, 0.6) is 0 Å². The van der Waals surface area contributed by atoms with Gasteiger partial charge in [0.25, 0.3) is 0 Å². The molecule has 1 aromatic heterocycles. The van der Waals surface area contributed by atoms with Gasteiger partial charge >= 0.3 is 0 Å². The van der Waals surface area contributed by atoms with Crippen molar-refractivity contribution in [2.24, 2.45) is 0 Å². The van der Waals surface area contributed by atoms with E-state index in [1.807, 2.05) is 6.20 Å². The number of halogens is 1. The molecule has 1 atom stereocenters. The lowest BCUT2D eigenvalue weighted by molar-refractivity contribution is -0.116. The summed E-state index contributed by atoms with van der Waals surface area (Å²) >= 11 is 0. The first-order valence-corrected chi connectivity index (χ1v) is 6.33. The number of rotatable bonds is 6. The molecule has 1 aliphatic heterocycles. The topological polar surface area (TPSA) is 68.2 Å². The zero-order valence-corrected chi connectivity index (χ0v) is 11.9. The number of anilines is 1. The van der Waals surface area contributed by atoms with Crippen molar-refractivity contribution in [2.45, 2.75) is 31.8 Å². The number of nitrogens with zero attached hydrogens (tertiary/aromatic N) is 2. The fraction of sp³-hybridized carbons (Fsp3) is 0.667. The van der Waals surface area contributed by atoms with Crippen LogP contribution < -0.4 is 10.6 Å². The van der Waals surface area contributed by atoms with Gasteiger partial charge in [0.2, 0.25) is 5.91 Å². The van der Waals surface area contributed by atoms with Crippen molar-refractivity contribution in [1.29, 1.82) is 0 Å². The number of hydrogen-bond donors (Lipinski definition) is 2. The molecule has 6 nitrogen and oxygen atoms in total. The largest absolute Gasteiger partial charge is 0.383 e. The molecular formula is C12H21ClN4O2. The molecule has 0 saturated carbocycles. The number of carbonyl (C=O) groups is 1. The average Bonchev–Trinajstić information content (AvgIpc) is 2.98. The number of carbonyl (C=O) groups excluding carboxylic acids is 1. The van der Waals surface area contributed by atoms with Crippen LogP contribution in [0.3, 0.4) is 0 Å². The van der Waals surface area contributed by atoms with Crippen molar-refractivity contribution >= 4 is 24.1 Å². The van der Waals surface area contributed by atoms with Crippen LogP contribution in [-0.2, 0) is 16.1 Å². The maximum absolute atomic E-state index is 11.8. The predicted molar refractivity (Wildman–Crippen MR) is 75.6 cm³/mol. The molecule has 1 aromatic rings. The van der Waals surface area contributed by atoms with Crippen LogP contribution >= 0.6 is 12.4 Å². The Morgan fingerprint density at radius 3 is 3.21 bits per heavy atom. The molecule has 2 rings (SSSR count). The molecule has 0 radical (unpaired) electrons. The van der Waals surface area contributed by atoms with E-state index >= 15 is 0 Å². The van der Waals surface area contributed by atoms with Crippen molar-refractivity contribution in [2.75, 3.05) is 25.6 Å². The summed E-state index contributed by atoms with van der Waals surface area (Å²) in [5.41, 5.74) is 0. The monoisotopic (exact) mass is 288 g/mol. The van der Waals surface area contributed by atoms with Gasteiger partial charge in [-0.05, 0) is 19.4 Å². The van der Waals surface area contributed by atoms with E-state index < -0.39 is 0 Å². The Balaban J connectivity index is 0.00000180. The van der Waals surface area contributed by atoms with Gasteiger partial charge in [-0.1, -0.05) is 0 Å². The van der Waals surface area contributed by atoms with Crippen LogP contribution in [0.4, 0.5) is 5.82 Å². The number of ether oxygens (including phenoxy) is 1. The van der Waals surface area contributed by atoms with Crippen molar-refractivity contribution in [3.05, 3.63) is 12.3 Å². The van der Waals surface area contributed by atoms with Crippen LogP contribution in [0.1, 0.15) is 19.3 Å². The van der Waals surface area contributed by atoms with Gasteiger partial charge < -0.3 is 15.4 Å². The Bertz CT molecular complexity index is 391. The fourth-order valence-electron chi connectivity index (χ4n) is 2.09. The lowest BCUT2D eigenvalue weighted by atomic mass is 10.1. The quantitative estimate of drug-likeness (QED) is 0.820. The van der Waals surface area contributed by atoms with Gasteiger partial charge in [-0.15, -0.1) is 12.4 Å². The lowest BCUT2D eigenvalue weighted by Gasteiger charge is -2.08. The molecule has 7 heteroatoms. The van der Waals surface area contributed by atoms with Crippen molar-refractivity contribution in [3.63, 3.8) is 0 Å². The zero-order valence-electron chi connectivity index (χ0n) is 11.1. The van der Waals surface area contributed by atoms with E-state index in [-0.39, 0.29) is 18.3 Å². The molecule has 1 amide bonds. The van der Waals surface area contributed by atoms with Gasteiger partial charge in [-0.2, -0.15) is 5.10 Å². The molecular weight excluding hydrogens is 268 g/mol. The fourth-order valence-corrected chi connectivity index (χ4v) is 2.09. The summed E-state index contributed by atoms with van der Waals surface area (Å²) in [5.74, 6) is 0.625. The second-order valence-corrected chi connectivity index (χ2v) is 4.50. The lowest BCUT2D eigenvalue weighted by Crippen LogP contribution is -2.27. The van der Waals surface area contributed by atoms with E-state index in [1.165, 1.54) is 0 Å². The van der Waals surface area contributed by atoms with Gasteiger partial charge in [-0.25, -0.2) is 0 Å². The normalized spacial score (nSPS) is 18.1. The van der Waals surface area contributed by atoms with Crippen molar-refractivity contribution in [3.8, 4) is 0 Å². The third kappa shape index (κ3) is 5.18. The summed E-state index contributed by atoms with van der Waals surface area (Å²) in [7, 11) is 1.65. The summed E-state index contributed by atoms with van der Waals surface area (Å²) in [6, 6.07) is 2.12. The maximum atomic E-state index is 11.8. The smallest absolute Gasteiger partial charge is 0.227 e. The second kappa shape index (κ2) is 8.14. The summed E-state index contributed by atoms with van der Waals surface area (Å²) in [6.45, 7) is 2.32. The predicted octanol–water partition coefficient (Wildman–Crippen LogP) is 1.03. The minimum atomic E-state index is 0. The highest BCUT2D eigenvalue weighted by atomic mass is 35.5. The molecule has 19 heavy (non-hydrogen) atoms. The highest BCUT2D eigenvalue weighted by Crippen LogP contribution is 2.10. The first kappa shape index (κ1) is 15.9. The van der Waals surface area contributed by atoms with Crippen LogP contribution in [0.2, 0.25) is 0 Å². The number of amides is 1. The molecule has 1 aliphatic rings. The minimum absolute atomic E-state index is 0. The second-order valence-electron chi connectivity index (χ2n) is 4.50. The number of hydrogen-bond acceptors (Lipinski definition) is 4. The molecule has 0 aliphatic carbocycles. The van der Waals surface area contributed by atoms with Gasteiger partial charge in [0.05, 0.1) is 13.2 Å². The highest BCUT2D eigenvalue weighted by molar-refractivity contribution is 5.90. The van der Waals surface area contributed by atoms with Crippen LogP contribution in [0.15, 0.2) is 12.3 Å². The molecule has 1 fully saturated rings. The van der Waals surface area contributed by atoms with Crippen LogP contribution in [-0.4, -0.2) is 42.0 Å². The summed E-state index contributed by atoms with van der Waals surface area (Å²) in [5, 5.41) is 10.4. The van der Waals surface area contributed by atoms with Gasteiger partial charge in [0.1, 0.15) is 0 Å². The maximum Gasteiger partial charge on any atom is 0.227 e. The van der Waals surface area contributed by atoms with E-state index in [0.29, 0.717) is 31.4 Å². The molecule has 2 heterocycles. The summed E-state index contributed by atoms with van der Waals surface area (Å²) < 4.78 is 6.73. The third-order valence-corrected chi connectivity index (χ3v) is 3.03. The standard InChI is InChI=1S/C12H20N4O2.ClH/c1-18-8-7-16-6-4-11(15-16)14-12(17)9-10-3-2-5-13-10;/h4,6,10,13H,2-3,5,7-9H2,1H3,(H,14,15,17);1H. The molecule has 1 saturated heterocycles. The average molecular weight is 289 g/mol. The highest BCUT2D eigenvalue weighted by Gasteiger charge is 2.17. The number of methoxy groups -OCH3 is 1. The van der Waals surface area contributed by atoms with E-state index in [1.54, 1.807) is 17.9 Å². The number of nitrogens with one attached hydrogen (secondary N) is 2. The van der Waals surface area contributed by atoms with Gasteiger partial charge in [0.15, 0.2) is 5.82 Å². The van der Waals surface area contributed by atoms with E-state index in [0.717, 1.165) is 19.4 Å². The van der Waals surface area contributed by atoms with Gasteiger partial charge in [-0.3, -0.25) is 9.48 Å². The van der Waals surface area contributed by atoms with Crippen molar-refractivity contribution in [1.82, 2.24) is 15.1 Å². The van der Waals surface area contributed by atoms with E-state index in [2.05, 4.69) is 15.7 Å². The Morgan fingerprint density at radius 2 is 2.53 bits per heavy atom. The summed E-state index contributed by atoms with van der Waals surface area (Å²) in [6.07, 6.45) is 4.59. The zero-order chi connectivity index (χ0) is 12.8. The molecule has 0 aromatic carbocycles. The van der Waals surface area contributed by atoms with Crippen LogP contribution in [0, 0.1) is 0 Å². The Morgan fingerprint density at radius 1 is 1.68 bits per heavy atom. The number of aromatic nitrogens is 2. The van der Waals surface area contributed by atoms with E-state index in [9.17, 15) is 4.79 Å². The van der Waals surface area contributed by atoms with Gasteiger partial charge in [0, 0.05) is 31.8 Å². The molecule has 108 valence electrons. The Hall–Kier alpha value is -1.11. The Kier molecular flexibility index (Phi) is 6.83. The SMILES string of the molecule is COCCn1ccc(NC(=O)CC2CCCN2)n1.Cl. The minimum Gasteiger partial charge on any atom is -0.383 e. The molecule has 0 bridgehead atoms. The third-order valence-electron chi connectivity index (χ3n) is 3.03. The first-order valence-electron chi connectivity index (χ1n) is 6.33. The molecule has 2 N–H and O–H groups in total. The van der Waals surface area contributed by atoms with Crippen LogP contribution in [0.25, 0.3) is 0 Å². The summed E-state index contributed by atoms with van der Waals surface area (Å²) in [4.78, 5) is 11.8.